The van der Waals surface area contributed by atoms with Crippen LogP contribution in [0.4, 0.5) is 0 Å². The summed E-state index contributed by atoms with van der Waals surface area (Å²) in [7, 11) is 0. The van der Waals surface area contributed by atoms with Crippen LogP contribution >= 0.6 is 11.8 Å². The SMILES string of the molecule is O=C1CS[C@H](c2ccccc2)N1CCN1CCCCC1. The summed E-state index contributed by atoms with van der Waals surface area (Å²) in [6.07, 6.45) is 3.98. The van der Waals surface area contributed by atoms with E-state index in [4.69, 9.17) is 0 Å². The van der Waals surface area contributed by atoms with Crippen molar-refractivity contribution in [2.45, 2.75) is 24.6 Å². The number of hydrogen-bond acceptors (Lipinski definition) is 3. The first-order valence-corrected chi connectivity index (χ1v) is 8.58. The second kappa shape index (κ2) is 6.64. The van der Waals surface area contributed by atoms with Gasteiger partial charge in [0, 0.05) is 13.1 Å². The smallest absolute Gasteiger partial charge is 0.233 e. The van der Waals surface area contributed by atoms with Crippen molar-refractivity contribution in [1.82, 2.24) is 9.80 Å². The minimum absolute atomic E-state index is 0.216. The van der Waals surface area contributed by atoms with Crippen molar-refractivity contribution in [2.24, 2.45) is 0 Å². The molecule has 2 heterocycles. The van der Waals surface area contributed by atoms with Crippen molar-refractivity contribution in [3.05, 3.63) is 35.9 Å². The Bertz CT molecular complexity index is 445. The predicted molar refractivity (Wildman–Crippen MR) is 83.6 cm³/mol. The molecule has 0 unspecified atom stereocenters. The normalized spacial score (nSPS) is 24.3. The molecule has 20 heavy (non-hydrogen) atoms. The van der Waals surface area contributed by atoms with Crippen molar-refractivity contribution in [3.63, 3.8) is 0 Å². The highest BCUT2D eigenvalue weighted by atomic mass is 32.2. The van der Waals surface area contributed by atoms with Gasteiger partial charge in [0.2, 0.25) is 5.91 Å². The molecule has 0 saturated carbocycles. The number of rotatable bonds is 4. The first kappa shape index (κ1) is 14.0. The van der Waals surface area contributed by atoms with Crippen molar-refractivity contribution < 1.29 is 4.79 Å². The second-order valence-electron chi connectivity index (χ2n) is 5.56. The van der Waals surface area contributed by atoms with Gasteiger partial charge in [-0.2, -0.15) is 0 Å². The number of piperidine rings is 1. The van der Waals surface area contributed by atoms with Crippen LogP contribution in [0.3, 0.4) is 0 Å². The van der Waals surface area contributed by atoms with E-state index in [1.807, 2.05) is 6.07 Å². The van der Waals surface area contributed by atoms with Crippen LogP contribution in [0.5, 0.6) is 0 Å². The van der Waals surface area contributed by atoms with Crippen LogP contribution in [0.2, 0.25) is 0 Å². The van der Waals surface area contributed by atoms with Crippen molar-refractivity contribution in [3.8, 4) is 0 Å². The van der Waals surface area contributed by atoms with Crippen LogP contribution in [0, 0.1) is 0 Å². The summed E-state index contributed by atoms with van der Waals surface area (Å²) in [5.41, 5.74) is 1.25. The molecule has 1 atom stereocenters. The summed E-state index contributed by atoms with van der Waals surface area (Å²) in [5, 5.41) is 0.216. The Kier molecular flexibility index (Phi) is 4.63. The van der Waals surface area contributed by atoms with Gasteiger partial charge < -0.3 is 9.80 Å². The molecule has 3 rings (SSSR count). The monoisotopic (exact) mass is 290 g/mol. The Morgan fingerprint density at radius 1 is 1.05 bits per heavy atom. The highest BCUT2D eigenvalue weighted by Gasteiger charge is 2.32. The van der Waals surface area contributed by atoms with E-state index >= 15 is 0 Å². The summed E-state index contributed by atoms with van der Waals surface area (Å²) in [6, 6.07) is 10.4. The van der Waals surface area contributed by atoms with Crippen LogP contribution in [-0.4, -0.2) is 47.6 Å². The Morgan fingerprint density at radius 3 is 2.55 bits per heavy atom. The molecule has 0 radical (unpaired) electrons. The fraction of sp³-hybridized carbons (Fsp3) is 0.562. The number of nitrogens with zero attached hydrogens (tertiary/aromatic N) is 2. The number of amides is 1. The molecule has 0 aromatic heterocycles. The van der Waals surface area contributed by atoms with Crippen LogP contribution in [-0.2, 0) is 4.79 Å². The molecule has 0 aliphatic carbocycles. The lowest BCUT2D eigenvalue weighted by Gasteiger charge is -2.30. The lowest BCUT2D eigenvalue weighted by atomic mass is 10.1. The highest BCUT2D eigenvalue weighted by molar-refractivity contribution is 8.00. The molecular formula is C16H22N2OS. The predicted octanol–water partition coefficient (Wildman–Crippen LogP) is 2.75. The van der Waals surface area contributed by atoms with Gasteiger partial charge in [-0.3, -0.25) is 4.79 Å². The first-order valence-electron chi connectivity index (χ1n) is 7.53. The van der Waals surface area contributed by atoms with E-state index < -0.39 is 0 Å². The molecule has 0 spiro atoms. The highest BCUT2D eigenvalue weighted by Crippen LogP contribution is 2.38. The van der Waals surface area contributed by atoms with Crippen LogP contribution in [0.15, 0.2) is 30.3 Å². The van der Waals surface area contributed by atoms with Gasteiger partial charge in [-0.25, -0.2) is 0 Å². The standard InChI is InChI=1S/C16H22N2OS/c19-15-13-20-16(14-7-3-1-4-8-14)18(15)12-11-17-9-5-2-6-10-17/h1,3-4,7-8,16H,2,5-6,9-13H2/t16-/m1/s1. The third kappa shape index (κ3) is 3.18. The minimum atomic E-state index is 0.216. The molecule has 2 saturated heterocycles. The van der Waals surface area contributed by atoms with E-state index in [9.17, 15) is 4.79 Å². The Balaban J connectivity index is 1.62. The quantitative estimate of drug-likeness (QED) is 0.852. The van der Waals surface area contributed by atoms with Gasteiger partial charge >= 0.3 is 0 Å². The third-order valence-electron chi connectivity index (χ3n) is 4.16. The van der Waals surface area contributed by atoms with E-state index in [1.165, 1.54) is 37.9 Å². The van der Waals surface area contributed by atoms with E-state index in [0.717, 1.165) is 13.1 Å². The number of carbonyl (C=O) groups excluding carboxylic acids is 1. The maximum absolute atomic E-state index is 12.1. The lowest BCUT2D eigenvalue weighted by Crippen LogP contribution is -2.39. The van der Waals surface area contributed by atoms with Crippen molar-refractivity contribution >= 4 is 17.7 Å². The molecular weight excluding hydrogens is 268 g/mol. The third-order valence-corrected chi connectivity index (χ3v) is 5.41. The lowest BCUT2D eigenvalue weighted by molar-refractivity contribution is -0.128. The minimum Gasteiger partial charge on any atom is -0.325 e. The molecule has 2 aliphatic rings. The van der Waals surface area contributed by atoms with Crippen LogP contribution in [0.25, 0.3) is 0 Å². The summed E-state index contributed by atoms with van der Waals surface area (Å²) in [5.74, 6) is 0.917. The molecule has 3 nitrogen and oxygen atoms in total. The van der Waals surface area contributed by atoms with E-state index in [0.29, 0.717) is 11.7 Å². The van der Waals surface area contributed by atoms with Crippen molar-refractivity contribution in [2.75, 3.05) is 31.9 Å². The molecule has 108 valence electrons. The average Bonchev–Trinajstić information content (AvgIpc) is 2.88. The molecule has 1 amide bonds. The summed E-state index contributed by atoms with van der Waals surface area (Å²) >= 11 is 1.76. The number of benzene rings is 1. The Hall–Kier alpha value is -1.00. The zero-order chi connectivity index (χ0) is 13.8. The van der Waals surface area contributed by atoms with Gasteiger partial charge in [0.25, 0.3) is 0 Å². The largest absolute Gasteiger partial charge is 0.325 e. The molecule has 0 N–H and O–H groups in total. The van der Waals surface area contributed by atoms with E-state index in [1.54, 1.807) is 11.8 Å². The maximum Gasteiger partial charge on any atom is 0.233 e. The number of hydrogen-bond donors (Lipinski definition) is 0. The van der Waals surface area contributed by atoms with Gasteiger partial charge in [0.1, 0.15) is 5.37 Å². The summed E-state index contributed by atoms with van der Waals surface area (Å²) in [4.78, 5) is 16.7. The topological polar surface area (TPSA) is 23.6 Å². The van der Waals surface area contributed by atoms with Crippen molar-refractivity contribution in [1.29, 1.82) is 0 Å². The Morgan fingerprint density at radius 2 is 1.80 bits per heavy atom. The van der Waals surface area contributed by atoms with Gasteiger partial charge in [0.05, 0.1) is 5.75 Å². The molecule has 1 aromatic rings. The van der Waals surface area contributed by atoms with Crippen LogP contribution in [0.1, 0.15) is 30.2 Å². The number of carbonyl (C=O) groups is 1. The molecule has 2 fully saturated rings. The number of thioether (sulfide) groups is 1. The maximum atomic E-state index is 12.1. The fourth-order valence-electron chi connectivity index (χ4n) is 3.02. The second-order valence-corrected chi connectivity index (χ2v) is 6.63. The van der Waals surface area contributed by atoms with E-state index in [2.05, 4.69) is 34.1 Å². The summed E-state index contributed by atoms with van der Waals surface area (Å²) < 4.78 is 0. The van der Waals surface area contributed by atoms with E-state index in [-0.39, 0.29) is 5.37 Å². The molecule has 0 bridgehead atoms. The zero-order valence-corrected chi connectivity index (χ0v) is 12.6. The van der Waals surface area contributed by atoms with Gasteiger partial charge in [-0.15, -0.1) is 11.8 Å². The molecule has 4 heteroatoms. The fourth-order valence-corrected chi connectivity index (χ4v) is 4.24. The summed E-state index contributed by atoms with van der Waals surface area (Å²) in [6.45, 7) is 4.29. The zero-order valence-electron chi connectivity index (χ0n) is 11.8. The van der Waals surface area contributed by atoms with Gasteiger partial charge in [-0.05, 0) is 31.5 Å². The first-order chi connectivity index (χ1) is 9.84. The number of likely N-dealkylation sites (tertiary alicyclic amines) is 1. The van der Waals surface area contributed by atoms with Gasteiger partial charge in [-0.1, -0.05) is 36.8 Å². The van der Waals surface area contributed by atoms with Gasteiger partial charge in [0.15, 0.2) is 0 Å². The molecule has 1 aromatic carbocycles. The Labute approximate surface area is 125 Å². The average molecular weight is 290 g/mol. The molecule has 2 aliphatic heterocycles. The van der Waals surface area contributed by atoms with Crippen LogP contribution < -0.4 is 0 Å².